The summed E-state index contributed by atoms with van der Waals surface area (Å²) in [5.41, 5.74) is 1.76. The van der Waals surface area contributed by atoms with Gasteiger partial charge in [-0.05, 0) is 44.7 Å². The van der Waals surface area contributed by atoms with E-state index in [2.05, 4.69) is 24.1 Å². The van der Waals surface area contributed by atoms with E-state index in [0.717, 1.165) is 49.3 Å². The first-order valence-corrected chi connectivity index (χ1v) is 7.65. The molecule has 1 amide bonds. The highest BCUT2D eigenvalue weighted by Gasteiger charge is 2.24. The summed E-state index contributed by atoms with van der Waals surface area (Å²) >= 11 is 0. The lowest BCUT2D eigenvalue weighted by molar-refractivity contribution is 0.0635. The zero-order valence-corrected chi connectivity index (χ0v) is 12.8. The van der Waals surface area contributed by atoms with Crippen molar-refractivity contribution >= 4 is 11.7 Å². The topological polar surface area (TPSA) is 45.2 Å². The molecule has 1 aliphatic rings. The van der Waals surface area contributed by atoms with Crippen molar-refractivity contribution in [3.63, 3.8) is 0 Å². The molecule has 2 rings (SSSR count). The summed E-state index contributed by atoms with van der Waals surface area (Å²) in [6.07, 6.45) is 5.39. The molecule has 1 saturated heterocycles. The van der Waals surface area contributed by atoms with Gasteiger partial charge in [-0.2, -0.15) is 0 Å². The van der Waals surface area contributed by atoms with Crippen molar-refractivity contribution in [2.45, 2.75) is 52.0 Å². The van der Waals surface area contributed by atoms with Crippen LogP contribution in [0, 0.1) is 0 Å². The molecule has 0 aromatic carbocycles. The Morgan fingerprint density at radius 1 is 1.45 bits per heavy atom. The Hall–Kier alpha value is -1.58. The minimum absolute atomic E-state index is 0.147. The maximum atomic E-state index is 12.7. The minimum Gasteiger partial charge on any atom is -0.373 e. The van der Waals surface area contributed by atoms with Crippen LogP contribution in [-0.4, -0.2) is 35.4 Å². The van der Waals surface area contributed by atoms with Gasteiger partial charge in [0.25, 0.3) is 5.91 Å². The Bertz CT molecular complexity index is 473. The molecule has 0 aliphatic carbocycles. The van der Waals surface area contributed by atoms with Crippen molar-refractivity contribution in [2.24, 2.45) is 0 Å². The molecular formula is C16H25N3O. The Labute approximate surface area is 121 Å². The quantitative estimate of drug-likeness (QED) is 0.918. The van der Waals surface area contributed by atoms with E-state index in [4.69, 9.17) is 0 Å². The van der Waals surface area contributed by atoms with E-state index in [1.54, 1.807) is 0 Å². The van der Waals surface area contributed by atoms with E-state index in [-0.39, 0.29) is 5.91 Å². The lowest BCUT2D eigenvalue weighted by Crippen LogP contribution is -2.42. The van der Waals surface area contributed by atoms with Crippen molar-refractivity contribution in [2.75, 3.05) is 18.9 Å². The maximum absolute atomic E-state index is 12.7. The highest BCUT2D eigenvalue weighted by Crippen LogP contribution is 2.21. The number of rotatable bonds is 4. The van der Waals surface area contributed by atoms with Gasteiger partial charge < -0.3 is 10.2 Å². The molecule has 0 spiro atoms. The van der Waals surface area contributed by atoms with Crippen LogP contribution in [0.2, 0.25) is 0 Å². The van der Waals surface area contributed by atoms with E-state index >= 15 is 0 Å². The number of hydrogen-bond donors (Lipinski definition) is 1. The fourth-order valence-electron chi connectivity index (χ4n) is 2.79. The molecule has 1 aromatic rings. The molecule has 1 fully saturated rings. The number of piperidine rings is 1. The van der Waals surface area contributed by atoms with Crippen molar-refractivity contribution in [1.82, 2.24) is 9.88 Å². The third kappa shape index (κ3) is 3.30. The van der Waals surface area contributed by atoms with E-state index in [1.807, 2.05) is 24.1 Å². The Kier molecular flexibility index (Phi) is 4.99. The number of aromatic nitrogens is 1. The fraction of sp³-hybridized carbons (Fsp3) is 0.625. The van der Waals surface area contributed by atoms with Crippen molar-refractivity contribution < 1.29 is 4.79 Å². The molecule has 0 bridgehead atoms. The number of nitrogens with zero attached hydrogens (tertiary/aromatic N) is 2. The second-order valence-electron chi connectivity index (χ2n) is 5.58. The van der Waals surface area contributed by atoms with Gasteiger partial charge in [0.15, 0.2) is 0 Å². The molecular weight excluding hydrogens is 250 g/mol. The molecule has 110 valence electrons. The average Bonchev–Trinajstić information content (AvgIpc) is 2.47. The van der Waals surface area contributed by atoms with Crippen LogP contribution in [0.4, 0.5) is 5.82 Å². The fourth-order valence-corrected chi connectivity index (χ4v) is 2.79. The van der Waals surface area contributed by atoms with Crippen LogP contribution in [-0.2, 0) is 6.42 Å². The number of carbonyl (C=O) groups excluding carboxylic acids is 1. The predicted molar refractivity (Wildman–Crippen MR) is 82.1 cm³/mol. The van der Waals surface area contributed by atoms with Crippen molar-refractivity contribution in [1.29, 1.82) is 0 Å². The monoisotopic (exact) mass is 275 g/mol. The van der Waals surface area contributed by atoms with Crippen LogP contribution in [0.3, 0.4) is 0 Å². The summed E-state index contributed by atoms with van der Waals surface area (Å²) in [6.45, 7) is 5.15. The molecule has 20 heavy (non-hydrogen) atoms. The van der Waals surface area contributed by atoms with Gasteiger partial charge in [-0.1, -0.05) is 13.3 Å². The van der Waals surface area contributed by atoms with E-state index < -0.39 is 0 Å². The van der Waals surface area contributed by atoms with Gasteiger partial charge in [0.1, 0.15) is 5.82 Å². The number of hydrogen-bond acceptors (Lipinski definition) is 3. The molecule has 2 heterocycles. The molecule has 0 radical (unpaired) electrons. The Morgan fingerprint density at radius 2 is 2.25 bits per heavy atom. The van der Waals surface area contributed by atoms with Gasteiger partial charge in [0, 0.05) is 30.9 Å². The summed E-state index contributed by atoms with van der Waals surface area (Å²) in [6, 6.07) is 4.16. The summed E-state index contributed by atoms with van der Waals surface area (Å²) in [4.78, 5) is 19.2. The zero-order valence-electron chi connectivity index (χ0n) is 12.8. The first kappa shape index (κ1) is 14.8. The lowest BCUT2D eigenvalue weighted by atomic mass is 10.0. The summed E-state index contributed by atoms with van der Waals surface area (Å²) in [5, 5.41) is 3.05. The minimum atomic E-state index is 0.147. The van der Waals surface area contributed by atoms with Crippen LogP contribution in [0.5, 0.6) is 0 Å². The third-order valence-corrected chi connectivity index (χ3v) is 3.95. The molecule has 0 saturated carbocycles. The maximum Gasteiger partial charge on any atom is 0.254 e. The van der Waals surface area contributed by atoms with Crippen molar-refractivity contribution in [3.8, 4) is 0 Å². The number of amides is 1. The van der Waals surface area contributed by atoms with Gasteiger partial charge in [-0.15, -0.1) is 0 Å². The van der Waals surface area contributed by atoms with Crippen LogP contribution in [0.25, 0.3) is 0 Å². The van der Waals surface area contributed by atoms with Crippen LogP contribution in [0.15, 0.2) is 12.1 Å². The number of carbonyl (C=O) groups is 1. The average molecular weight is 275 g/mol. The second kappa shape index (κ2) is 6.73. The van der Waals surface area contributed by atoms with Gasteiger partial charge in [0.2, 0.25) is 0 Å². The standard InChI is InChI=1S/C16H25N3O/c1-4-7-14-10-13(11-15(17-3)18-14)16(20)19-9-6-5-8-12(19)2/h10-12H,4-9H2,1-3H3,(H,17,18). The van der Waals surface area contributed by atoms with Crippen LogP contribution < -0.4 is 5.32 Å². The van der Waals surface area contributed by atoms with E-state index in [1.165, 1.54) is 6.42 Å². The molecule has 1 unspecified atom stereocenters. The van der Waals surface area contributed by atoms with Gasteiger partial charge >= 0.3 is 0 Å². The first-order valence-electron chi connectivity index (χ1n) is 7.65. The van der Waals surface area contributed by atoms with Gasteiger partial charge in [-0.25, -0.2) is 4.98 Å². The normalized spacial score (nSPS) is 18.9. The summed E-state index contributed by atoms with van der Waals surface area (Å²) in [7, 11) is 1.84. The highest BCUT2D eigenvalue weighted by atomic mass is 16.2. The SMILES string of the molecule is CCCc1cc(C(=O)N2CCCCC2C)cc(NC)n1. The van der Waals surface area contributed by atoms with Gasteiger partial charge in [0.05, 0.1) is 0 Å². The predicted octanol–water partition coefficient (Wildman–Crippen LogP) is 3.09. The second-order valence-corrected chi connectivity index (χ2v) is 5.58. The number of likely N-dealkylation sites (tertiary alicyclic amines) is 1. The molecule has 1 aliphatic heterocycles. The number of aryl methyl sites for hydroxylation is 1. The molecule has 1 atom stereocenters. The lowest BCUT2D eigenvalue weighted by Gasteiger charge is -2.33. The van der Waals surface area contributed by atoms with Crippen molar-refractivity contribution in [3.05, 3.63) is 23.4 Å². The largest absolute Gasteiger partial charge is 0.373 e. The number of pyridine rings is 1. The Morgan fingerprint density at radius 3 is 2.90 bits per heavy atom. The third-order valence-electron chi connectivity index (χ3n) is 3.95. The first-order chi connectivity index (χ1) is 9.65. The molecule has 4 heteroatoms. The van der Waals surface area contributed by atoms with Crippen LogP contribution >= 0.6 is 0 Å². The van der Waals surface area contributed by atoms with Crippen LogP contribution in [0.1, 0.15) is 55.6 Å². The Balaban J connectivity index is 2.25. The molecule has 1 aromatic heterocycles. The summed E-state index contributed by atoms with van der Waals surface area (Å²) in [5.74, 6) is 0.928. The van der Waals surface area contributed by atoms with Gasteiger partial charge in [-0.3, -0.25) is 4.79 Å². The number of nitrogens with one attached hydrogen (secondary N) is 1. The molecule has 4 nitrogen and oxygen atoms in total. The smallest absolute Gasteiger partial charge is 0.254 e. The highest BCUT2D eigenvalue weighted by molar-refractivity contribution is 5.95. The zero-order chi connectivity index (χ0) is 14.5. The van der Waals surface area contributed by atoms with E-state index in [9.17, 15) is 4.79 Å². The molecule has 1 N–H and O–H groups in total. The summed E-state index contributed by atoms with van der Waals surface area (Å²) < 4.78 is 0. The van der Waals surface area contributed by atoms with E-state index in [0.29, 0.717) is 6.04 Å². The number of anilines is 1.